The minimum absolute atomic E-state index is 0.138. The summed E-state index contributed by atoms with van der Waals surface area (Å²) < 4.78 is 5.69. The number of hydrogen-bond donors (Lipinski definition) is 3. The quantitative estimate of drug-likeness (QED) is 0.545. The summed E-state index contributed by atoms with van der Waals surface area (Å²) in [6.45, 7) is 4.19. The van der Waals surface area contributed by atoms with Gasteiger partial charge in [0.25, 0.3) is 0 Å². The molecule has 1 heterocycles. The van der Waals surface area contributed by atoms with E-state index in [4.69, 9.17) is 4.74 Å². The maximum absolute atomic E-state index is 11.6. The van der Waals surface area contributed by atoms with Crippen molar-refractivity contribution in [3.8, 4) is 5.75 Å². The molecule has 28 heavy (non-hydrogen) atoms. The number of ether oxygens (including phenoxy) is 1. The zero-order valence-corrected chi connectivity index (χ0v) is 16.0. The van der Waals surface area contributed by atoms with Gasteiger partial charge in [0.05, 0.1) is 0 Å². The van der Waals surface area contributed by atoms with Crippen LogP contribution in [0.4, 0.5) is 0 Å². The zero-order chi connectivity index (χ0) is 20.5. The van der Waals surface area contributed by atoms with Crippen molar-refractivity contribution in [2.24, 2.45) is 5.92 Å². The van der Waals surface area contributed by atoms with E-state index in [2.05, 4.69) is 10.3 Å². The summed E-state index contributed by atoms with van der Waals surface area (Å²) in [5, 5.41) is 21.6. The maximum atomic E-state index is 11.6. The maximum Gasteiger partial charge on any atom is 0.321 e. The fraction of sp³-hybridized carbons (Fsp3) is 0.381. The predicted molar refractivity (Wildman–Crippen MR) is 104 cm³/mol. The van der Waals surface area contributed by atoms with Gasteiger partial charge in [-0.2, -0.15) is 0 Å². The largest absolute Gasteiger partial charge is 0.489 e. The van der Waals surface area contributed by atoms with E-state index in [9.17, 15) is 19.8 Å². The van der Waals surface area contributed by atoms with Crippen molar-refractivity contribution in [3.05, 3.63) is 59.9 Å². The summed E-state index contributed by atoms with van der Waals surface area (Å²) in [6, 6.07) is 8.99. The van der Waals surface area contributed by atoms with E-state index in [1.54, 1.807) is 36.7 Å². The summed E-state index contributed by atoms with van der Waals surface area (Å²) in [6.07, 6.45) is 3.97. The van der Waals surface area contributed by atoms with Crippen molar-refractivity contribution in [1.29, 1.82) is 0 Å². The first kappa shape index (κ1) is 21.4. The summed E-state index contributed by atoms with van der Waals surface area (Å²) in [5.74, 6) is -1.32. The topological polar surface area (TPSA) is 109 Å². The monoisotopic (exact) mass is 386 g/mol. The third-order valence-corrected chi connectivity index (χ3v) is 4.20. The Bertz CT molecular complexity index is 762. The Morgan fingerprint density at radius 2 is 1.71 bits per heavy atom. The number of carbonyl (C=O) groups is 2. The highest BCUT2D eigenvalue weighted by Gasteiger charge is 2.26. The Balaban J connectivity index is 1.97. The molecule has 0 amide bonds. The molecule has 0 saturated heterocycles. The molecule has 2 aromatic rings. The second-order valence-electron chi connectivity index (χ2n) is 7.08. The van der Waals surface area contributed by atoms with Gasteiger partial charge in [0.1, 0.15) is 24.4 Å². The Kier molecular flexibility index (Phi) is 7.95. The molecule has 1 aromatic heterocycles. The van der Waals surface area contributed by atoms with Crippen LogP contribution in [-0.2, 0) is 22.6 Å². The summed E-state index contributed by atoms with van der Waals surface area (Å²) in [4.78, 5) is 27.0. The van der Waals surface area contributed by atoms with E-state index in [0.29, 0.717) is 18.8 Å². The van der Waals surface area contributed by atoms with Gasteiger partial charge in [-0.1, -0.05) is 32.0 Å². The normalized spacial score (nSPS) is 13.1. The van der Waals surface area contributed by atoms with Crippen LogP contribution in [0.1, 0.15) is 31.4 Å². The number of rotatable bonds is 11. The molecular formula is C21H26N2O5. The van der Waals surface area contributed by atoms with Gasteiger partial charge in [0.15, 0.2) is 0 Å². The molecule has 0 saturated carbocycles. The Hall–Kier alpha value is -2.93. The van der Waals surface area contributed by atoms with Gasteiger partial charge >= 0.3 is 11.9 Å². The Morgan fingerprint density at radius 1 is 1.04 bits per heavy atom. The average Bonchev–Trinajstić information content (AvgIpc) is 2.66. The second kappa shape index (κ2) is 10.4. The minimum Gasteiger partial charge on any atom is -0.489 e. The van der Waals surface area contributed by atoms with Crippen LogP contribution >= 0.6 is 0 Å². The number of nitrogens with one attached hydrogen (secondary N) is 1. The number of nitrogens with zero attached hydrogens (tertiary/aromatic N) is 1. The van der Waals surface area contributed by atoms with Crippen LogP contribution in [0.3, 0.4) is 0 Å². The molecule has 0 spiro atoms. The van der Waals surface area contributed by atoms with Gasteiger partial charge in [-0.05, 0) is 42.5 Å². The molecule has 3 N–H and O–H groups in total. The second-order valence-corrected chi connectivity index (χ2v) is 7.08. The average molecular weight is 386 g/mol. The fourth-order valence-corrected chi connectivity index (χ4v) is 2.78. The Morgan fingerprint density at radius 3 is 2.25 bits per heavy atom. The highest BCUT2D eigenvalue weighted by atomic mass is 16.5. The molecule has 0 unspecified atom stereocenters. The molecule has 0 aliphatic rings. The number of carboxylic acids is 2. The van der Waals surface area contributed by atoms with Crippen molar-refractivity contribution in [2.45, 2.75) is 45.4 Å². The van der Waals surface area contributed by atoms with Crippen molar-refractivity contribution in [3.63, 3.8) is 0 Å². The van der Waals surface area contributed by atoms with Gasteiger partial charge in [-0.25, -0.2) is 0 Å². The van der Waals surface area contributed by atoms with Crippen molar-refractivity contribution in [2.75, 3.05) is 0 Å². The van der Waals surface area contributed by atoms with E-state index < -0.39 is 24.0 Å². The molecule has 0 fully saturated rings. The van der Waals surface area contributed by atoms with Crippen LogP contribution in [0.25, 0.3) is 0 Å². The molecule has 2 rings (SSSR count). The molecule has 150 valence electrons. The zero-order valence-electron chi connectivity index (χ0n) is 16.0. The number of benzene rings is 1. The lowest BCUT2D eigenvalue weighted by Gasteiger charge is -2.21. The molecule has 1 aromatic carbocycles. The summed E-state index contributed by atoms with van der Waals surface area (Å²) in [7, 11) is 0. The van der Waals surface area contributed by atoms with E-state index >= 15 is 0 Å². The van der Waals surface area contributed by atoms with Crippen molar-refractivity contribution >= 4 is 11.9 Å². The van der Waals surface area contributed by atoms with Crippen LogP contribution in [0, 0.1) is 5.92 Å². The number of aliphatic carboxylic acids is 2. The number of pyridine rings is 1. The molecule has 0 bridgehead atoms. The first-order valence-electron chi connectivity index (χ1n) is 9.17. The minimum atomic E-state index is -1.08. The lowest BCUT2D eigenvalue weighted by atomic mass is 10.0. The fourth-order valence-electron chi connectivity index (χ4n) is 2.78. The van der Waals surface area contributed by atoms with Crippen molar-refractivity contribution < 1.29 is 24.5 Å². The van der Waals surface area contributed by atoms with Gasteiger partial charge in [-0.15, -0.1) is 0 Å². The van der Waals surface area contributed by atoms with Crippen LogP contribution < -0.4 is 10.1 Å². The van der Waals surface area contributed by atoms with Crippen molar-refractivity contribution in [1.82, 2.24) is 10.3 Å². The van der Waals surface area contributed by atoms with Gasteiger partial charge in [-0.3, -0.25) is 19.9 Å². The van der Waals surface area contributed by atoms with E-state index in [0.717, 1.165) is 11.1 Å². The summed E-state index contributed by atoms with van der Waals surface area (Å²) >= 11 is 0. The predicted octanol–water partition coefficient (Wildman–Crippen LogP) is 2.75. The van der Waals surface area contributed by atoms with Gasteiger partial charge in [0, 0.05) is 18.0 Å². The van der Waals surface area contributed by atoms with Crippen LogP contribution in [0.5, 0.6) is 5.75 Å². The van der Waals surface area contributed by atoms with E-state index in [1.807, 2.05) is 26.0 Å². The number of carboxylic acid groups (broad SMARTS) is 2. The molecule has 0 aliphatic heterocycles. The molecular weight excluding hydrogens is 360 g/mol. The summed E-state index contributed by atoms with van der Waals surface area (Å²) in [5.41, 5.74) is 1.73. The number of hydrogen-bond acceptors (Lipinski definition) is 5. The van der Waals surface area contributed by atoms with E-state index in [-0.39, 0.29) is 12.3 Å². The lowest BCUT2D eigenvalue weighted by molar-refractivity contribution is -0.142. The smallest absolute Gasteiger partial charge is 0.321 e. The van der Waals surface area contributed by atoms with Gasteiger partial charge < -0.3 is 14.9 Å². The third-order valence-electron chi connectivity index (χ3n) is 4.20. The van der Waals surface area contributed by atoms with Crippen LogP contribution in [0.15, 0.2) is 48.8 Å². The SMILES string of the molecule is CC(C)C[C@H](N[C@@H](Cc1ccc(OCc2cccnc2)cc1)C(=O)O)C(=O)O. The van der Waals surface area contributed by atoms with Gasteiger partial charge in [0.2, 0.25) is 0 Å². The lowest BCUT2D eigenvalue weighted by Crippen LogP contribution is -2.48. The highest BCUT2D eigenvalue weighted by Crippen LogP contribution is 2.16. The van der Waals surface area contributed by atoms with Crippen LogP contribution in [-0.4, -0.2) is 39.2 Å². The van der Waals surface area contributed by atoms with E-state index in [1.165, 1.54) is 0 Å². The molecule has 0 radical (unpaired) electrons. The Labute approximate surface area is 164 Å². The number of aromatic nitrogens is 1. The molecule has 7 nitrogen and oxygen atoms in total. The molecule has 2 atom stereocenters. The molecule has 7 heteroatoms. The third kappa shape index (κ3) is 7.00. The first-order chi connectivity index (χ1) is 13.3. The standard InChI is InChI=1S/C21H26N2O5/c1-14(2)10-18(20(24)25)23-19(21(26)27)11-15-5-7-17(8-6-15)28-13-16-4-3-9-22-12-16/h3-9,12,14,18-19,23H,10-11,13H2,1-2H3,(H,24,25)(H,26,27)/t18-,19-/m0/s1. The first-order valence-corrected chi connectivity index (χ1v) is 9.17. The highest BCUT2D eigenvalue weighted by molar-refractivity contribution is 5.77. The van der Waals surface area contributed by atoms with Crippen LogP contribution in [0.2, 0.25) is 0 Å². The molecule has 0 aliphatic carbocycles.